The van der Waals surface area contributed by atoms with Gasteiger partial charge in [-0.25, -0.2) is 0 Å². The summed E-state index contributed by atoms with van der Waals surface area (Å²) < 4.78 is 6.23. The molecule has 0 aliphatic carbocycles. The second-order valence-corrected chi connectivity index (χ2v) is 6.25. The predicted molar refractivity (Wildman–Crippen MR) is 84.4 cm³/mol. The van der Waals surface area contributed by atoms with Crippen molar-refractivity contribution in [1.82, 2.24) is 0 Å². The number of hydrogen-bond acceptors (Lipinski definition) is 4. The van der Waals surface area contributed by atoms with Crippen molar-refractivity contribution in [1.29, 1.82) is 0 Å². The van der Waals surface area contributed by atoms with Gasteiger partial charge in [-0.3, -0.25) is 14.4 Å². The molecule has 0 saturated heterocycles. The molecule has 1 aliphatic rings. The quantitative estimate of drug-likeness (QED) is 0.544. The van der Waals surface area contributed by atoms with E-state index in [1.165, 1.54) is 4.90 Å². The molecule has 21 heavy (non-hydrogen) atoms. The largest absolute Gasteiger partial charge is 0.466 e. The Balaban J connectivity index is 2.14. The molecule has 7 heteroatoms. The van der Waals surface area contributed by atoms with Gasteiger partial charge in [0.2, 0.25) is 0 Å². The third kappa shape index (κ3) is 3.35. The van der Waals surface area contributed by atoms with Crippen molar-refractivity contribution in [2.75, 3.05) is 18.1 Å². The Hall–Kier alpha value is -1.21. The lowest BCUT2D eigenvalue weighted by atomic mass is 10.1. The molecule has 1 amide bonds. The first kappa shape index (κ1) is 16.2. The van der Waals surface area contributed by atoms with Crippen LogP contribution in [0.4, 0.5) is 5.69 Å². The number of ketones is 1. The van der Waals surface area contributed by atoms with Gasteiger partial charge in [-0.1, -0.05) is 15.9 Å². The lowest BCUT2D eigenvalue weighted by molar-refractivity contribution is -0.143. The number of nitrogens with zero attached hydrogens (tertiary/aromatic N) is 1. The van der Waals surface area contributed by atoms with Crippen molar-refractivity contribution in [3.05, 3.63) is 26.6 Å². The second kappa shape index (κ2) is 6.70. The monoisotopic (exact) mass is 417 g/mol. The highest BCUT2D eigenvalue weighted by Gasteiger charge is 2.37. The summed E-state index contributed by atoms with van der Waals surface area (Å²) in [4.78, 5) is 36.8. The first-order valence-corrected chi connectivity index (χ1v) is 8.05. The number of rotatable bonds is 5. The maximum atomic E-state index is 12.1. The minimum atomic E-state index is -0.562. The Morgan fingerprint density at radius 1 is 1.29 bits per heavy atom. The molecule has 1 aromatic carbocycles. The normalized spacial score (nSPS) is 13.6. The number of benzene rings is 1. The van der Waals surface area contributed by atoms with Gasteiger partial charge in [0.15, 0.2) is 0 Å². The number of carbonyl (C=O) groups is 3. The van der Waals surface area contributed by atoms with Crippen LogP contribution in [0.1, 0.15) is 30.1 Å². The van der Waals surface area contributed by atoms with E-state index < -0.39 is 11.7 Å². The zero-order valence-electron chi connectivity index (χ0n) is 11.3. The number of anilines is 1. The lowest BCUT2D eigenvalue weighted by Gasteiger charge is -2.17. The van der Waals surface area contributed by atoms with E-state index in [1.807, 2.05) is 0 Å². The summed E-state index contributed by atoms with van der Waals surface area (Å²) in [6, 6.07) is 3.41. The third-order valence-electron chi connectivity index (χ3n) is 3.05. The summed E-state index contributed by atoms with van der Waals surface area (Å²) in [7, 11) is 0. The molecule has 2 rings (SSSR count). The molecular formula is C14H13Br2NO4. The highest BCUT2D eigenvalue weighted by molar-refractivity contribution is 9.11. The third-order valence-corrected chi connectivity index (χ3v) is 4.11. The van der Waals surface area contributed by atoms with Gasteiger partial charge in [-0.15, -0.1) is 0 Å². The van der Waals surface area contributed by atoms with E-state index in [9.17, 15) is 14.4 Å². The molecule has 0 atom stereocenters. The molecule has 1 aromatic rings. The summed E-state index contributed by atoms with van der Waals surface area (Å²) >= 11 is 6.67. The summed E-state index contributed by atoms with van der Waals surface area (Å²) in [5.41, 5.74) is 0.939. The van der Waals surface area contributed by atoms with Gasteiger partial charge in [0.25, 0.3) is 11.7 Å². The maximum Gasteiger partial charge on any atom is 0.305 e. The molecule has 0 bridgehead atoms. The molecule has 0 radical (unpaired) electrons. The zero-order valence-corrected chi connectivity index (χ0v) is 14.5. The molecule has 0 fully saturated rings. The van der Waals surface area contributed by atoms with E-state index in [2.05, 4.69) is 31.9 Å². The smallest absolute Gasteiger partial charge is 0.305 e. The highest BCUT2D eigenvalue weighted by Crippen LogP contribution is 2.38. The molecule has 1 aliphatic heterocycles. The van der Waals surface area contributed by atoms with Crippen molar-refractivity contribution in [3.63, 3.8) is 0 Å². The van der Waals surface area contributed by atoms with Crippen LogP contribution in [-0.4, -0.2) is 30.8 Å². The predicted octanol–water partition coefficient (Wildman–Crippen LogP) is 3.08. The van der Waals surface area contributed by atoms with Gasteiger partial charge in [0.1, 0.15) is 0 Å². The number of amides is 1. The number of hydrogen-bond donors (Lipinski definition) is 0. The first-order valence-electron chi connectivity index (χ1n) is 6.46. The Labute approximate surface area is 138 Å². The van der Waals surface area contributed by atoms with Gasteiger partial charge in [-0.05, 0) is 41.4 Å². The van der Waals surface area contributed by atoms with Crippen LogP contribution in [0.5, 0.6) is 0 Å². The zero-order chi connectivity index (χ0) is 15.6. The van der Waals surface area contributed by atoms with Gasteiger partial charge in [0, 0.05) is 21.9 Å². The molecule has 0 N–H and O–H groups in total. The Bertz CT molecular complexity index is 615. The molecular weight excluding hydrogens is 406 g/mol. The molecule has 0 saturated carbocycles. The minimum Gasteiger partial charge on any atom is -0.466 e. The SMILES string of the molecule is CCOC(=O)CCCN1C(=O)C(=O)c2cc(Br)cc(Br)c21. The van der Waals surface area contributed by atoms with Crippen LogP contribution in [0.2, 0.25) is 0 Å². The van der Waals surface area contributed by atoms with Crippen molar-refractivity contribution < 1.29 is 19.1 Å². The average Bonchev–Trinajstić information content (AvgIpc) is 2.64. The molecule has 0 spiro atoms. The van der Waals surface area contributed by atoms with E-state index >= 15 is 0 Å². The van der Waals surface area contributed by atoms with E-state index in [-0.39, 0.29) is 12.4 Å². The van der Waals surface area contributed by atoms with Gasteiger partial charge < -0.3 is 9.64 Å². The summed E-state index contributed by atoms with van der Waals surface area (Å²) in [5.74, 6) is -1.39. The molecule has 0 unspecified atom stereocenters. The van der Waals surface area contributed by atoms with Crippen LogP contribution >= 0.6 is 31.9 Å². The average molecular weight is 419 g/mol. The Morgan fingerprint density at radius 3 is 2.67 bits per heavy atom. The van der Waals surface area contributed by atoms with E-state index in [1.54, 1.807) is 19.1 Å². The summed E-state index contributed by atoms with van der Waals surface area (Å²) in [5, 5.41) is 0. The van der Waals surface area contributed by atoms with Gasteiger partial charge in [0.05, 0.1) is 17.9 Å². The van der Waals surface area contributed by atoms with E-state index in [0.29, 0.717) is 35.3 Å². The summed E-state index contributed by atoms with van der Waals surface area (Å²) in [6.45, 7) is 2.38. The van der Waals surface area contributed by atoms with Crippen LogP contribution < -0.4 is 4.90 Å². The molecule has 0 aromatic heterocycles. The van der Waals surface area contributed by atoms with Crippen molar-refractivity contribution in [2.24, 2.45) is 0 Å². The Morgan fingerprint density at radius 2 is 2.00 bits per heavy atom. The summed E-state index contributed by atoms with van der Waals surface area (Å²) in [6.07, 6.45) is 0.662. The van der Waals surface area contributed by atoms with Gasteiger partial charge >= 0.3 is 5.97 Å². The fraction of sp³-hybridized carbons (Fsp3) is 0.357. The number of halogens is 2. The van der Waals surface area contributed by atoms with Crippen LogP contribution in [0.3, 0.4) is 0 Å². The molecule has 1 heterocycles. The number of esters is 1. The van der Waals surface area contributed by atoms with Crippen LogP contribution in [0.15, 0.2) is 21.1 Å². The van der Waals surface area contributed by atoms with Gasteiger partial charge in [-0.2, -0.15) is 0 Å². The fourth-order valence-electron chi connectivity index (χ4n) is 2.18. The van der Waals surface area contributed by atoms with Crippen LogP contribution in [0.25, 0.3) is 0 Å². The van der Waals surface area contributed by atoms with Crippen LogP contribution in [0, 0.1) is 0 Å². The first-order chi connectivity index (χ1) is 9.95. The number of ether oxygens (including phenoxy) is 1. The van der Waals surface area contributed by atoms with Crippen molar-refractivity contribution >= 4 is 55.2 Å². The number of carbonyl (C=O) groups excluding carboxylic acids is 3. The number of fused-ring (bicyclic) bond motifs is 1. The lowest BCUT2D eigenvalue weighted by Crippen LogP contribution is -2.31. The van der Waals surface area contributed by atoms with Crippen molar-refractivity contribution in [3.8, 4) is 0 Å². The minimum absolute atomic E-state index is 0.218. The van der Waals surface area contributed by atoms with E-state index in [0.717, 1.165) is 4.47 Å². The second-order valence-electron chi connectivity index (χ2n) is 4.48. The Kier molecular flexibility index (Phi) is 5.16. The molecule has 5 nitrogen and oxygen atoms in total. The molecule has 112 valence electrons. The number of Topliss-reactive ketones (excluding diaryl/α,β-unsaturated/α-hetero) is 1. The highest BCUT2D eigenvalue weighted by atomic mass is 79.9. The topological polar surface area (TPSA) is 63.7 Å². The van der Waals surface area contributed by atoms with Crippen LogP contribution in [-0.2, 0) is 14.3 Å². The van der Waals surface area contributed by atoms with Crippen molar-refractivity contribution in [2.45, 2.75) is 19.8 Å². The van der Waals surface area contributed by atoms with E-state index in [4.69, 9.17) is 4.74 Å². The standard InChI is InChI=1S/C14H13Br2NO4/c1-2-21-11(18)4-3-5-17-12-9(13(19)14(17)20)6-8(15)7-10(12)16/h6-7H,2-5H2,1H3. The maximum absolute atomic E-state index is 12.1. The fourth-order valence-corrected chi connectivity index (χ4v) is 3.62.